The third-order valence-corrected chi connectivity index (χ3v) is 3.06. The van der Waals surface area contributed by atoms with Crippen molar-refractivity contribution in [3.63, 3.8) is 0 Å². The molecular formula is C15H18N2O. The van der Waals surface area contributed by atoms with E-state index in [1.807, 2.05) is 49.5 Å². The smallest absolute Gasteiger partial charge is 0.254 e. The van der Waals surface area contributed by atoms with Crippen molar-refractivity contribution in [2.24, 2.45) is 5.73 Å². The van der Waals surface area contributed by atoms with Gasteiger partial charge in [0, 0.05) is 19.2 Å². The largest absolute Gasteiger partial charge is 0.342 e. The second kappa shape index (κ2) is 5.65. The van der Waals surface area contributed by atoms with Crippen LogP contribution >= 0.6 is 0 Å². The molecule has 1 amide bonds. The van der Waals surface area contributed by atoms with Gasteiger partial charge in [-0.25, -0.2) is 0 Å². The van der Waals surface area contributed by atoms with Crippen LogP contribution in [-0.2, 0) is 0 Å². The Balaban J connectivity index is 2.33. The first-order valence-electron chi connectivity index (χ1n) is 6.17. The number of amides is 1. The van der Waals surface area contributed by atoms with Gasteiger partial charge in [0.1, 0.15) is 0 Å². The van der Waals surface area contributed by atoms with E-state index in [-0.39, 0.29) is 5.91 Å². The highest BCUT2D eigenvalue weighted by Crippen LogP contribution is 2.19. The molecule has 0 radical (unpaired) electrons. The molecule has 0 saturated carbocycles. The second-order valence-electron chi connectivity index (χ2n) is 4.40. The van der Waals surface area contributed by atoms with Gasteiger partial charge < -0.3 is 10.6 Å². The van der Waals surface area contributed by atoms with Crippen molar-refractivity contribution >= 4 is 16.7 Å². The maximum Gasteiger partial charge on any atom is 0.254 e. The van der Waals surface area contributed by atoms with Crippen molar-refractivity contribution in [2.45, 2.75) is 6.42 Å². The molecule has 18 heavy (non-hydrogen) atoms. The molecule has 0 unspecified atom stereocenters. The molecule has 94 valence electrons. The highest BCUT2D eigenvalue weighted by Gasteiger charge is 2.13. The van der Waals surface area contributed by atoms with E-state index in [9.17, 15) is 4.79 Å². The summed E-state index contributed by atoms with van der Waals surface area (Å²) in [5.74, 6) is 0.0558. The monoisotopic (exact) mass is 242 g/mol. The fourth-order valence-corrected chi connectivity index (χ4v) is 2.05. The fraction of sp³-hybridized carbons (Fsp3) is 0.267. The van der Waals surface area contributed by atoms with Crippen LogP contribution in [0.3, 0.4) is 0 Å². The standard InChI is InChI=1S/C15H18N2O/c1-17(11-5-10-16)15(18)14-9-4-7-12-6-2-3-8-13(12)14/h2-4,6-9H,5,10-11,16H2,1H3. The zero-order chi connectivity index (χ0) is 13.0. The third-order valence-electron chi connectivity index (χ3n) is 3.06. The summed E-state index contributed by atoms with van der Waals surface area (Å²) in [5, 5.41) is 2.10. The van der Waals surface area contributed by atoms with Crippen molar-refractivity contribution in [1.29, 1.82) is 0 Å². The van der Waals surface area contributed by atoms with Crippen LogP contribution in [0.4, 0.5) is 0 Å². The second-order valence-corrected chi connectivity index (χ2v) is 4.40. The lowest BCUT2D eigenvalue weighted by Gasteiger charge is -2.17. The van der Waals surface area contributed by atoms with Gasteiger partial charge in [0.2, 0.25) is 0 Å². The first kappa shape index (κ1) is 12.6. The van der Waals surface area contributed by atoms with Gasteiger partial charge in [-0.3, -0.25) is 4.79 Å². The van der Waals surface area contributed by atoms with E-state index >= 15 is 0 Å². The van der Waals surface area contributed by atoms with Crippen molar-refractivity contribution in [3.8, 4) is 0 Å². The lowest BCUT2D eigenvalue weighted by molar-refractivity contribution is 0.0796. The average molecular weight is 242 g/mol. The Morgan fingerprint density at radius 3 is 2.67 bits per heavy atom. The van der Waals surface area contributed by atoms with Crippen molar-refractivity contribution in [3.05, 3.63) is 48.0 Å². The van der Waals surface area contributed by atoms with Crippen LogP contribution in [0.25, 0.3) is 10.8 Å². The van der Waals surface area contributed by atoms with Gasteiger partial charge in [-0.1, -0.05) is 36.4 Å². The van der Waals surface area contributed by atoms with Gasteiger partial charge in [-0.2, -0.15) is 0 Å². The van der Waals surface area contributed by atoms with E-state index < -0.39 is 0 Å². The molecule has 0 atom stereocenters. The van der Waals surface area contributed by atoms with Crippen LogP contribution in [0.15, 0.2) is 42.5 Å². The molecule has 3 heteroatoms. The van der Waals surface area contributed by atoms with Gasteiger partial charge in [-0.05, 0) is 29.8 Å². The molecule has 0 aliphatic carbocycles. The third kappa shape index (κ3) is 2.51. The molecule has 2 aromatic carbocycles. The van der Waals surface area contributed by atoms with E-state index in [0.717, 1.165) is 22.8 Å². The first-order chi connectivity index (χ1) is 8.74. The maximum atomic E-state index is 12.3. The lowest BCUT2D eigenvalue weighted by Crippen LogP contribution is -2.29. The average Bonchev–Trinajstić information content (AvgIpc) is 2.43. The van der Waals surface area contributed by atoms with Crippen LogP contribution in [0, 0.1) is 0 Å². The number of nitrogens with two attached hydrogens (primary N) is 1. The Labute approximate surface area is 107 Å². The normalized spacial score (nSPS) is 10.6. The van der Waals surface area contributed by atoms with E-state index in [0.29, 0.717) is 13.1 Å². The number of hydrogen-bond donors (Lipinski definition) is 1. The molecule has 0 heterocycles. The highest BCUT2D eigenvalue weighted by molar-refractivity contribution is 6.06. The van der Waals surface area contributed by atoms with Crippen LogP contribution in [0.1, 0.15) is 16.8 Å². The summed E-state index contributed by atoms with van der Waals surface area (Å²) < 4.78 is 0. The van der Waals surface area contributed by atoms with Gasteiger partial charge in [0.05, 0.1) is 0 Å². The molecule has 0 fully saturated rings. The molecule has 2 aromatic rings. The van der Waals surface area contributed by atoms with E-state index in [4.69, 9.17) is 5.73 Å². The van der Waals surface area contributed by atoms with Crippen LogP contribution < -0.4 is 5.73 Å². The summed E-state index contributed by atoms with van der Waals surface area (Å²) in [7, 11) is 1.82. The number of hydrogen-bond acceptors (Lipinski definition) is 2. The number of carbonyl (C=O) groups is 1. The highest BCUT2D eigenvalue weighted by atomic mass is 16.2. The van der Waals surface area contributed by atoms with Crippen molar-refractivity contribution < 1.29 is 4.79 Å². The Kier molecular flexibility index (Phi) is 3.95. The number of benzene rings is 2. The van der Waals surface area contributed by atoms with Crippen molar-refractivity contribution in [1.82, 2.24) is 4.90 Å². The number of rotatable bonds is 4. The van der Waals surface area contributed by atoms with E-state index in [1.54, 1.807) is 4.90 Å². The van der Waals surface area contributed by atoms with Gasteiger partial charge in [0.25, 0.3) is 5.91 Å². The summed E-state index contributed by atoms with van der Waals surface area (Å²) in [4.78, 5) is 14.1. The predicted octanol–water partition coefficient (Wildman–Crippen LogP) is 2.26. The molecule has 0 aliphatic heterocycles. The number of carbonyl (C=O) groups excluding carboxylic acids is 1. The molecule has 0 aliphatic rings. The zero-order valence-electron chi connectivity index (χ0n) is 10.6. The fourth-order valence-electron chi connectivity index (χ4n) is 2.05. The molecular weight excluding hydrogens is 224 g/mol. The predicted molar refractivity (Wildman–Crippen MR) is 74.6 cm³/mol. The van der Waals surface area contributed by atoms with Crippen LogP contribution in [0.2, 0.25) is 0 Å². The molecule has 2 N–H and O–H groups in total. The molecule has 0 bridgehead atoms. The number of fused-ring (bicyclic) bond motifs is 1. The topological polar surface area (TPSA) is 46.3 Å². The summed E-state index contributed by atoms with van der Waals surface area (Å²) in [6, 6.07) is 13.8. The Hall–Kier alpha value is -1.87. The SMILES string of the molecule is CN(CCCN)C(=O)c1cccc2ccccc12. The summed E-state index contributed by atoms with van der Waals surface area (Å²) in [5.41, 5.74) is 6.23. The Morgan fingerprint density at radius 2 is 1.89 bits per heavy atom. The minimum atomic E-state index is 0.0558. The van der Waals surface area contributed by atoms with Gasteiger partial charge >= 0.3 is 0 Å². The first-order valence-corrected chi connectivity index (χ1v) is 6.17. The molecule has 3 nitrogen and oxygen atoms in total. The molecule has 0 spiro atoms. The summed E-state index contributed by atoms with van der Waals surface area (Å²) in [6.45, 7) is 1.30. The number of nitrogens with zero attached hydrogens (tertiary/aromatic N) is 1. The van der Waals surface area contributed by atoms with Crippen LogP contribution in [0.5, 0.6) is 0 Å². The van der Waals surface area contributed by atoms with E-state index in [2.05, 4.69) is 0 Å². The molecule has 0 aromatic heterocycles. The van der Waals surface area contributed by atoms with Crippen LogP contribution in [-0.4, -0.2) is 30.9 Å². The Bertz CT molecular complexity index is 546. The zero-order valence-corrected chi connectivity index (χ0v) is 10.6. The quantitative estimate of drug-likeness (QED) is 0.894. The minimum Gasteiger partial charge on any atom is -0.342 e. The lowest BCUT2D eigenvalue weighted by atomic mass is 10.0. The van der Waals surface area contributed by atoms with Crippen molar-refractivity contribution in [2.75, 3.05) is 20.1 Å². The van der Waals surface area contributed by atoms with Gasteiger partial charge in [-0.15, -0.1) is 0 Å². The maximum absolute atomic E-state index is 12.3. The Morgan fingerprint density at radius 1 is 1.17 bits per heavy atom. The molecule has 2 rings (SSSR count). The summed E-state index contributed by atoms with van der Waals surface area (Å²) in [6.07, 6.45) is 0.826. The molecule has 0 saturated heterocycles. The summed E-state index contributed by atoms with van der Waals surface area (Å²) >= 11 is 0. The minimum absolute atomic E-state index is 0.0558. The van der Waals surface area contributed by atoms with E-state index in [1.165, 1.54) is 0 Å². The van der Waals surface area contributed by atoms with Gasteiger partial charge in [0.15, 0.2) is 0 Å².